The summed E-state index contributed by atoms with van der Waals surface area (Å²) in [5.74, 6) is 0.995. The lowest BCUT2D eigenvalue weighted by Gasteiger charge is -2.24. The molecule has 3 aromatic heterocycles. The Balaban J connectivity index is 1.40. The van der Waals surface area contributed by atoms with Crippen molar-refractivity contribution in [1.82, 2.24) is 19.9 Å². The molecule has 0 radical (unpaired) electrons. The van der Waals surface area contributed by atoms with Crippen LogP contribution in [0.2, 0.25) is 5.02 Å². The molecule has 4 heterocycles. The summed E-state index contributed by atoms with van der Waals surface area (Å²) in [4.78, 5) is 5.42. The number of rotatable bonds is 3. The zero-order valence-electron chi connectivity index (χ0n) is 13.5. The largest absolute Gasteiger partial charge is 0.365 e. The van der Waals surface area contributed by atoms with E-state index in [1.807, 2.05) is 52.5 Å². The van der Waals surface area contributed by atoms with Gasteiger partial charge in [0.2, 0.25) is 5.82 Å². The molecule has 1 atom stereocenters. The molecule has 0 N–H and O–H groups in total. The lowest BCUT2D eigenvalue weighted by Crippen LogP contribution is -2.21. The van der Waals surface area contributed by atoms with Crippen molar-refractivity contribution in [3.05, 3.63) is 64.1 Å². The molecule has 0 amide bonds. The van der Waals surface area contributed by atoms with Crippen molar-refractivity contribution in [2.45, 2.75) is 19.3 Å². The Kier molecular flexibility index (Phi) is 3.85. The molecule has 1 aromatic carbocycles. The van der Waals surface area contributed by atoms with Gasteiger partial charge in [0.1, 0.15) is 6.10 Å². The molecule has 1 aliphatic heterocycles. The minimum atomic E-state index is -0.0584. The van der Waals surface area contributed by atoms with Crippen molar-refractivity contribution in [2.24, 2.45) is 0 Å². The van der Waals surface area contributed by atoms with Gasteiger partial charge in [-0.25, -0.2) is 0 Å². The first-order valence-electron chi connectivity index (χ1n) is 8.08. The molecule has 5 rings (SSSR count). The number of halogens is 1. The summed E-state index contributed by atoms with van der Waals surface area (Å²) in [7, 11) is 0. The molecule has 0 spiro atoms. The number of fused-ring (bicyclic) bond motifs is 1. The molecule has 8 heteroatoms. The van der Waals surface area contributed by atoms with Gasteiger partial charge in [-0.15, -0.1) is 11.3 Å². The van der Waals surface area contributed by atoms with Crippen molar-refractivity contribution >= 4 is 22.9 Å². The van der Waals surface area contributed by atoms with E-state index < -0.39 is 0 Å². The van der Waals surface area contributed by atoms with E-state index in [9.17, 15) is 0 Å². The lowest BCUT2D eigenvalue weighted by molar-refractivity contribution is -0.00112. The van der Waals surface area contributed by atoms with Crippen molar-refractivity contribution in [2.75, 3.05) is 0 Å². The van der Waals surface area contributed by atoms with Crippen molar-refractivity contribution in [3.63, 3.8) is 0 Å². The van der Waals surface area contributed by atoms with Gasteiger partial charge >= 0.3 is 0 Å². The molecule has 0 unspecified atom stereocenters. The second kappa shape index (κ2) is 6.35. The molecule has 0 bridgehead atoms. The molecule has 6 nitrogen and oxygen atoms in total. The molecule has 0 fully saturated rings. The van der Waals surface area contributed by atoms with E-state index >= 15 is 0 Å². The average Bonchev–Trinajstić information content (AvgIpc) is 3.40. The lowest BCUT2D eigenvalue weighted by atomic mass is 10.1. The van der Waals surface area contributed by atoms with E-state index in [1.165, 1.54) is 0 Å². The molecular formula is C18H13ClN4O2S. The highest BCUT2D eigenvalue weighted by Crippen LogP contribution is 2.30. The highest BCUT2D eigenvalue weighted by molar-refractivity contribution is 7.13. The molecule has 0 aliphatic carbocycles. The zero-order chi connectivity index (χ0) is 17.5. The normalized spacial score (nSPS) is 16.6. The quantitative estimate of drug-likeness (QED) is 0.517. The molecule has 4 aromatic rings. The van der Waals surface area contributed by atoms with Crippen LogP contribution in [0.1, 0.15) is 17.4 Å². The smallest absolute Gasteiger partial charge is 0.278 e. The maximum atomic E-state index is 5.97. The third kappa shape index (κ3) is 2.84. The van der Waals surface area contributed by atoms with Crippen LogP contribution in [-0.4, -0.2) is 19.9 Å². The van der Waals surface area contributed by atoms with E-state index in [-0.39, 0.29) is 6.10 Å². The van der Waals surface area contributed by atoms with Crippen molar-refractivity contribution in [1.29, 1.82) is 0 Å². The van der Waals surface area contributed by atoms with Gasteiger partial charge in [0.25, 0.3) is 5.89 Å². The second-order valence-electron chi connectivity index (χ2n) is 5.95. The Morgan fingerprint density at radius 2 is 2.08 bits per heavy atom. The standard InChI is InChI=1S/C18H13ClN4O2S/c19-12-5-3-11(4-6-12)15-9-23-13(10-24-15)8-14(21-23)18-20-17(22-25-18)16-2-1-7-26-16/h1-8,15H,9-10H2/t15-/m0/s1. The van der Waals surface area contributed by atoms with Gasteiger partial charge < -0.3 is 9.26 Å². The Bertz CT molecular complexity index is 1040. The molecule has 130 valence electrons. The molecular weight excluding hydrogens is 372 g/mol. The van der Waals surface area contributed by atoms with Crippen molar-refractivity contribution < 1.29 is 9.26 Å². The van der Waals surface area contributed by atoms with Gasteiger partial charge in [0.05, 0.1) is 23.7 Å². The Hall–Kier alpha value is -2.48. The molecule has 1 aliphatic rings. The van der Waals surface area contributed by atoms with E-state index in [0.29, 0.717) is 35.6 Å². The minimum absolute atomic E-state index is 0.0584. The highest BCUT2D eigenvalue weighted by Gasteiger charge is 2.24. The number of aromatic nitrogens is 4. The first-order chi connectivity index (χ1) is 12.8. The SMILES string of the molecule is Clc1ccc([C@@H]2Cn3nc(-c4nc(-c5cccs5)no4)cc3CO2)cc1. The van der Waals surface area contributed by atoms with Gasteiger partial charge in [-0.05, 0) is 35.2 Å². The fourth-order valence-electron chi connectivity index (χ4n) is 2.94. The Morgan fingerprint density at radius 1 is 1.19 bits per heavy atom. The number of hydrogen-bond acceptors (Lipinski definition) is 6. The van der Waals surface area contributed by atoms with Crippen LogP contribution in [0.25, 0.3) is 22.3 Å². The van der Waals surface area contributed by atoms with Gasteiger partial charge in [0, 0.05) is 5.02 Å². The summed E-state index contributed by atoms with van der Waals surface area (Å²) in [6.07, 6.45) is -0.0584. The van der Waals surface area contributed by atoms with Crippen LogP contribution in [0.5, 0.6) is 0 Å². The van der Waals surface area contributed by atoms with Crippen molar-refractivity contribution in [3.8, 4) is 22.3 Å². The van der Waals surface area contributed by atoms with Gasteiger partial charge in [-0.1, -0.05) is 35.0 Å². The summed E-state index contributed by atoms with van der Waals surface area (Å²) in [5.41, 5.74) is 2.73. The Morgan fingerprint density at radius 3 is 2.88 bits per heavy atom. The van der Waals surface area contributed by atoms with E-state index in [0.717, 1.165) is 16.1 Å². The van der Waals surface area contributed by atoms with Crippen LogP contribution in [0.3, 0.4) is 0 Å². The summed E-state index contributed by atoms with van der Waals surface area (Å²) in [6.45, 7) is 1.11. The van der Waals surface area contributed by atoms with Gasteiger partial charge in [-0.2, -0.15) is 10.1 Å². The van der Waals surface area contributed by atoms with Crippen LogP contribution in [0, 0.1) is 0 Å². The zero-order valence-corrected chi connectivity index (χ0v) is 15.1. The van der Waals surface area contributed by atoms with E-state index in [1.54, 1.807) is 11.3 Å². The predicted molar refractivity (Wildman–Crippen MR) is 97.8 cm³/mol. The molecule has 0 saturated heterocycles. The Labute approximate surface area is 158 Å². The van der Waals surface area contributed by atoms with Crippen LogP contribution >= 0.6 is 22.9 Å². The summed E-state index contributed by atoms with van der Waals surface area (Å²) < 4.78 is 13.3. The predicted octanol–water partition coefficient (Wildman–Crippen LogP) is 4.59. The fraction of sp³-hybridized carbons (Fsp3) is 0.167. The monoisotopic (exact) mass is 384 g/mol. The highest BCUT2D eigenvalue weighted by atomic mass is 35.5. The number of nitrogens with zero attached hydrogens (tertiary/aromatic N) is 4. The molecule has 0 saturated carbocycles. The third-order valence-corrected chi connectivity index (χ3v) is 5.38. The summed E-state index contributed by atoms with van der Waals surface area (Å²) in [6, 6.07) is 13.6. The first-order valence-corrected chi connectivity index (χ1v) is 9.34. The van der Waals surface area contributed by atoms with Crippen LogP contribution in [0.15, 0.2) is 52.4 Å². The first kappa shape index (κ1) is 15.7. The van der Waals surface area contributed by atoms with Crippen LogP contribution in [0.4, 0.5) is 0 Å². The number of ether oxygens (including phenoxy) is 1. The van der Waals surface area contributed by atoms with Gasteiger partial charge in [0.15, 0.2) is 5.69 Å². The fourth-order valence-corrected chi connectivity index (χ4v) is 3.72. The second-order valence-corrected chi connectivity index (χ2v) is 7.34. The number of benzene rings is 1. The summed E-state index contributed by atoms with van der Waals surface area (Å²) >= 11 is 7.53. The maximum Gasteiger partial charge on any atom is 0.278 e. The van der Waals surface area contributed by atoms with Crippen LogP contribution < -0.4 is 0 Å². The number of thiophene rings is 1. The van der Waals surface area contributed by atoms with Gasteiger partial charge in [-0.3, -0.25) is 4.68 Å². The van der Waals surface area contributed by atoms with Crippen LogP contribution in [-0.2, 0) is 17.9 Å². The number of hydrogen-bond donors (Lipinski definition) is 0. The summed E-state index contributed by atoms with van der Waals surface area (Å²) in [5, 5.41) is 11.4. The average molecular weight is 385 g/mol. The maximum absolute atomic E-state index is 5.97. The third-order valence-electron chi connectivity index (χ3n) is 4.26. The minimum Gasteiger partial charge on any atom is -0.365 e. The van der Waals surface area contributed by atoms with E-state index in [4.69, 9.17) is 20.9 Å². The molecule has 26 heavy (non-hydrogen) atoms. The van der Waals surface area contributed by atoms with E-state index in [2.05, 4.69) is 15.2 Å². The topological polar surface area (TPSA) is 66.0 Å².